The normalized spacial score (nSPS) is 11.2. The number of ether oxygens (including phenoxy) is 1. The van der Waals surface area contributed by atoms with Crippen LogP contribution in [0.4, 0.5) is 0 Å². The van der Waals surface area contributed by atoms with Gasteiger partial charge < -0.3 is 10.1 Å². The van der Waals surface area contributed by atoms with Gasteiger partial charge in [-0.2, -0.15) is 0 Å². The van der Waals surface area contributed by atoms with E-state index in [1.165, 1.54) is 24.3 Å². The Hall–Kier alpha value is -1.11. The molecule has 0 saturated carbocycles. The zero-order valence-corrected chi connectivity index (χ0v) is 11.4. The van der Waals surface area contributed by atoms with Crippen LogP contribution >= 0.6 is 10.7 Å². The molecule has 0 aliphatic carbocycles. The summed E-state index contributed by atoms with van der Waals surface area (Å²) in [4.78, 5) is 11.6. The maximum atomic E-state index is 11.6. The van der Waals surface area contributed by atoms with E-state index in [0.717, 1.165) is 6.42 Å². The number of benzene rings is 1. The molecule has 0 aliphatic heterocycles. The molecule has 0 fully saturated rings. The van der Waals surface area contributed by atoms with Gasteiger partial charge in [0.2, 0.25) is 0 Å². The molecular formula is C11H14ClNO4S. The monoisotopic (exact) mass is 291 g/mol. The van der Waals surface area contributed by atoms with Crippen molar-refractivity contribution in [1.82, 2.24) is 5.32 Å². The fraction of sp³-hybridized carbons (Fsp3) is 0.364. The average molecular weight is 292 g/mol. The highest BCUT2D eigenvalue weighted by atomic mass is 35.7. The highest BCUT2D eigenvalue weighted by Gasteiger charge is 2.11. The van der Waals surface area contributed by atoms with Gasteiger partial charge in [-0.15, -0.1) is 0 Å². The summed E-state index contributed by atoms with van der Waals surface area (Å²) in [6.45, 7) is 1.08. The number of nitrogens with one attached hydrogen (secondary N) is 1. The number of halogens is 1. The fourth-order valence-corrected chi connectivity index (χ4v) is 2.06. The Kier molecular flexibility index (Phi) is 5.58. The zero-order valence-electron chi connectivity index (χ0n) is 9.85. The lowest BCUT2D eigenvalue weighted by molar-refractivity contribution is 0.0948. The molecule has 18 heavy (non-hydrogen) atoms. The fourth-order valence-electron chi connectivity index (χ4n) is 1.29. The molecular weight excluding hydrogens is 278 g/mol. The van der Waals surface area contributed by atoms with Crippen molar-refractivity contribution in [3.8, 4) is 0 Å². The quantitative estimate of drug-likeness (QED) is 0.635. The Balaban J connectivity index is 2.60. The van der Waals surface area contributed by atoms with Crippen LogP contribution in [0.5, 0.6) is 0 Å². The second kappa shape index (κ2) is 6.72. The van der Waals surface area contributed by atoms with Crippen molar-refractivity contribution in [1.29, 1.82) is 0 Å². The van der Waals surface area contributed by atoms with Crippen LogP contribution in [0, 0.1) is 0 Å². The third-order valence-electron chi connectivity index (χ3n) is 2.21. The number of rotatable bonds is 6. The summed E-state index contributed by atoms with van der Waals surface area (Å²) in [7, 11) is 3.01. The number of amides is 1. The van der Waals surface area contributed by atoms with Crippen molar-refractivity contribution < 1.29 is 17.9 Å². The van der Waals surface area contributed by atoms with Crippen molar-refractivity contribution >= 4 is 25.6 Å². The van der Waals surface area contributed by atoms with Crippen LogP contribution in [0.25, 0.3) is 0 Å². The number of hydrogen-bond acceptors (Lipinski definition) is 4. The Morgan fingerprint density at radius 3 is 2.44 bits per heavy atom. The molecule has 1 rings (SSSR count). The summed E-state index contributed by atoms with van der Waals surface area (Å²) in [5.41, 5.74) is 0.386. The van der Waals surface area contributed by atoms with E-state index in [-0.39, 0.29) is 10.8 Å². The standard InChI is InChI=1S/C11H14ClNO4S/c1-17-8-2-7-13-11(14)9-3-5-10(6-4-9)18(12,15)16/h3-6H,2,7-8H2,1H3,(H,13,14). The van der Waals surface area contributed by atoms with E-state index < -0.39 is 9.05 Å². The molecule has 0 saturated heterocycles. The van der Waals surface area contributed by atoms with Gasteiger partial charge in [0.05, 0.1) is 4.90 Å². The smallest absolute Gasteiger partial charge is 0.261 e. The maximum Gasteiger partial charge on any atom is 0.261 e. The van der Waals surface area contributed by atoms with E-state index in [0.29, 0.717) is 18.7 Å². The van der Waals surface area contributed by atoms with Gasteiger partial charge in [-0.25, -0.2) is 8.42 Å². The number of hydrogen-bond donors (Lipinski definition) is 1. The SMILES string of the molecule is COCCCNC(=O)c1ccc(S(=O)(=O)Cl)cc1. The first kappa shape index (κ1) is 14.9. The van der Waals surface area contributed by atoms with Crippen LogP contribution in [-0.2, 0) is 13.8 Å². The number of methoxy groups -OCH3 is 1. The molecule has 1 aromatic carbocycles. The molecule has 0 aliphatic rings. The molecule has 100 valence electrons. The lowest BCUT2D eigenvalue weighted by Crippen LogP contribution is -2.25. The Labute approximate surface area is 111 Å². The van der Waals surface area contributed by atoms with Crippen molar-refractivity contribution in [2.75, 3.05) is 20.3 Å². The summed E-state index contributed by atoms with van der Waals surface area (Å²) in [5.74, 6) is -0.260. The molecule has 0 bridgehead atoms. The molecule has 5 nitrogen and oxygen atoms in total. The minimum absolute atomic E-state index is 0.0277. The molecule has 1 amide bonds. The van der Waals surface area contributed by atoms with E-state index in [1.807, 2.05) is 0 Å². The van der Waals surface area contributed by atoms with Gasteiger partial charge in [0.1, 0.15) is 0 Å². The molecule has 0 aromatic heterocycles. The van der Waals surface area contributed by atoms with Gasteiger partial charge in [-0.1, -0.05) is 0 Å². The zero-order chi connectivity index (χ0) is 13.6. The van der Waals surface area contributed by atoms with Gasteiger partial charge >= 0.3 is 0 Å². The van der Waals surface area contributed by atoms with Crippen LogP contribution in [0.1, 0.15) is 16.8 Å². The molecule has 7 heteroatoms. The predicted octanol–water partition coefficient (Wildman–Crippen LogP) is 1.38. The largest absolute Gasteiger partial charge is 0.385 e. The first-order valence-electron chi connectivity index (χ1n) is 5.27. The van der Waals surface area contributed by atoms with E-state index in [2.05, 4.69) is 5.32 Å². The van der Waals surface area contributed by atoms with Crippen LogP contribution < -0.4 is 5.32 Å². The van der Waals surface area contributed by atoms with Gasteiger partial charge in [0.15, 0.2) is 0 Å². The van der Waals surface area contributed by atoms with Gasteiger partial charge in [0.25, 0.3) is 15.0 Å². The highest BCUT2D eigenvalue weighted by molar-refractivity contribution is 8.13. The molecule has 0 radical (unpaired) electrons. The van der Waals surface area contributed by atoms with E-state index in [9.17, 15) is 13.2 Å². The summed E-state index contributed by atoms with van der Waals surface area (Å²) in [6.07, 6.45) is 0.719. The first-order chi connectivity index (χ1) is 8.45. The van der Waals surface area contributed by atoms with Crippen LogP contribution in [0.3, 0.4) is 0 Å². The van der Waals surface area contributed by atoms with Crippen molar-refractivity contribution in [3.63, 3.8) is 0 Å². The molecule has 0 spiro atoms. The first-order valence-corrected chi connectivity index (χ1v) is 7.58. The van der Waals surface area contributed by atoms with Gasteiger partial charge in [-0.3, -0.25) is 4.79 Å². The van der Waals surface area contributed by atoms with E-state index >= 15 is 0 Å². The molecule has 0 atom stereocenters. The minimum atomic E-state index is -3.75. The van der Waals surface area contributed by atoms with E-state index in [1.54, 1.807) is 7.11 Å². The summed E-state index contributed by atoms with van der Waals surface area (Å²) in [5, 5.41) is 2.69. The second-order valence-corrected chi connectivity index (χ2v) is 6.13. The van der Waals surface area contributed by atoms with Gasteiger partial charge in [0, 0.05) is 36.5 Å². The Morgan fingerprint density at radius 1 is 1.33 bits per heavy atom. The highest BCUT2D eigenvalue weighted by Crippen LogP contribution is 2.15. The minimum Gasteiger partial charge on any atom is -0.385 e. The maximum absolute atomic E-state index is 11.6. The Bertz CT molecular complexity index is 498. The lowest BCUT2D eigenvalue weighted by atomic mass is 10.2. The number of carbonyl (C=O) groups excluding carboxylic acids is 1. The molecule has 0 heterocycles. The number of carbonyl (C=O) groups is 1. The molecule has 0 unspecified atom stereocenters. The second-order valence-electron chi connectivity index (χ2n) is 3.56. The Morgan fingerprint density at radius 2 is 1.94 bits per heavy atom. The predicted molar refractivity (Wildman–Crippen MR) is 68.3 cm³/mol. The average Bonchev–Trinajstić information content (AvgIpc) is 2.33. The van der Waals surface area contributed by atoms with Crippen molar-refractivity contribution in [2.24, 2.45) is 0 Å². The van der Waals surface area contributed by atoms with Crippen molar-refractivity contribution in [3.05, 3.63) is 29.8 Å². The molecule has 1 N–H and O–H groups in total. The van der Waals surface area contributed by atoms with Crippen molar-refractivity contribution in [2.45, 2.75) is 11.3 Å². The summed E-state index contributed by atoms with van der Waals surface area (Å²) in [6, 6.07) is 5.43. The van der Waals surface area contributed by atoms with Gasteiger partial charge in [-0.05, 0) is 30.7 Å². The molecule has 1 aromatic rings. The van der Waals surface area contributed by atoms with E-state index in [4.69, 9.17) is 15.4 Å². The van der Waals surface area contributed by atoms with Crippen LogP contribution in [-0.4, -0.2) is 34.6 Å². The van der Waals surface area contributed by atoms with Crippen LogP contribution in [0.15, 0.2) is 29.2 Å². The summed E-state index contributed by atoms with van der Waals surface area (Å²) < 4.78 is 26.9. The topological polar surface area (TPSA) is 72.5 Å². The third kappa shape index (κ3) is 4.64. The third-order valence-corrected chi connectivity index (χ3v) is 3.58. The lowest BCUT2D eigenvalue weighted by Gasteiger charge is -2.05. The van der Waals surface area contributed by atoms with Crippen LogP contribution in [0.2, 0.25) is 0 Å². The summed E-state index contributed by atoms with van der Waals surface area (Å²) >= 11 is 0.